The molecule has 4 aliphatic rings. The molecule has 10 aromatic rings. The number of benzene rings is 10. The summed E-state index contributed by atoms with van der Waals surface area (Å²) in [5, 5.41) is 0. The highest BCUT2D eigenvalue weighted by Crippen LogP contribution is 2.75. The molecule has 0 fully saturated rings. The lowest BCUT2D eigenvalue weighted by Gasteiger charge is -2.62. The molecule has 0 radical (unpaired) electrons. The van der Waals surface area contributed by atoms with Gasteiger partial charge in [-0.1, -0.05) is 227 Å². The Morgan fingerprint density at radius 2 is 0.474 bits per heavy atom. The van der Waals surface area contributed by atoms with Gasteiger partial charge in [0.05, 0.1) is 0 Å². The van der Waals surface area contributed by atoms with Gasteiger partial charge in [-0.25, -0.2) is 0 Å². The summed E-state index contributed by atoms with van der Waals surface area (Å²) in [6, 6.07) is 88.2. The molecule has 2 atom stereocenters. The van der Waals surface area contributed by atoms with Gasteiger partial charge in [0.15, 0.2) is 0 Å². The zero-order valence-electron chi connectivity index (χ0n) is 46.8. The summed E-state index contributed by atoms with van der Waals surface area (Å²) in [4.78, 5) is 5.03. The molecule has 0 N–H and O–H groups in total. The second-order valence-corrected chi connectivity index (χ2v) is 25.7. The van der Waals surface area contributed by atoms with Gasteiger partial charge >= 0.3 is 0 Å². The normalized spacial score (nSPS) is 18.4. The van der Waals surface area contributed by atoms with Crippen LogP contribution in [0.2, 0.25) is 0 Å². The molecular weight excluding hydrogens is 941 g/mol. The van der Waals surface area contributed by atoms with Crippen LogP contribution in [-0.4, -0.2) is 0 Å². The van der Waals surface area contributed by atoms with E-state index in [1.165, 1.54) is 89.0 Å². The molecule has 0 saturated carbocycles. The van der Waals surface area contributed by atoms with Gasteiger partial charge in [0.1, 0.15) is 0 Å². The minimum atomic E-state index is -0.606. The van der Waals surface area contributed by atoms with Crippen molar-refractivity contribution in [2.45, 2.75) is 90.9 Å². The molecule has 0 spiro atoms. The number of hydrogen-bond acceptors (Lipinski definition) is 2. The van der Waals surface area contributed by atoms with Crippen LogP contribution in [0, 0.1) is 10.8 Å². The van der Waals surface area contributed by atoms with Gasteiger partial charge in [-0.3, -0.25) is 0 Å². The topological polar surface area (TPSA) is 6.48 Å². The van der Waals surface area contributed by atoms with E-state index in [4.69, 9.17) is 0 Å². The molecule has 0 aliphatic heterocycles. The van der Waals surface area contributed by atoms with Gasteiger partial charge < -0.3 is 9.80 Å². The third kappa shape index (κ3) is 6.32. The smallest absolute Gasteiger partial charge is 0.0465 e. The number of anilines is 6. The van der Waals surface area contributed by atoms with Crippen LogP contribution in [0.15, 0.2) is 231 Å². The van der Waals surface area contributed by atoms with Crippen LogP contribution >= 0.6 is 0 Å². The van der Waals surface area contributed by atoms with Crippen molar-refractivity contribution in [3.05, 3.63) is 275 Å². The first kappa shape index (κ1) is 48.2. The Hall–Kier alpha value is -8.20. The van der Waals surface area contributed by atoms with Gasteiger partial charge in [-0.05, 0) is 173 Å². The van der Waals surface area contributed by atoms with Crippen LogP contribution in [0.3, 0.4) is 0 Å². The molecule has 0 amide bonds. The summed E-state index contributed by atoms with van der Waals surface area (Å²) >= 11 is 0. The van der Waals surface area contributed by atoms with Crippen molar-refractivity contribution in [1.29, 1.82) is 0 Å². The van der Waals surface area contributed by atoms with Gasteiger partial charge in [0.25, 0.3) is 0 Å². The van der Waals surface area contributed by atoms with E-state index in [9.17, 15) is 0 Å². The molecule has 0 saturated heterocycles. The lowest BCUT2D eigenvalue weighted by atomic mass is 9.39. The van der Waals surface area contributed by atoms with Crippen molar-refractivity contribution in [3.8, 4) is 44.5 Å². The van der Waals surface area contributed by atoms with E-state index in [2.05, 4.69) is 310 Å². The molecule has 4 aliphatic carbocycles. The first-order chi connectivity index (χ1) is 37.5. The fourth-order valence-corrected chi connectivity index (χ4v) is 16.1. The highest BCUT2D eigenvalue weighted by molar-refractivity contribution is 5.95. The van der Waals surface area contributed by atoms with Crippen LogP contribution in [0.25, 0.3) is 44.5 Å². The van der Waals surface area contributed by atoms with Crippen molar-refractivity contribution < 1.29 is 0 Å². The molecule has 382 valence electrons. The van der Waals surface area contributed by atoms with Crippen molar-refractivity contribution in [2.24, 2.45) is 10.8 Å². The van der Waals surface area contributed by atoms with Crippen molar-refractivity contribution in [3.63, 3.8) is 0 Å². The average molecular weight is 1010 g/mol. The number of para-hydroxylation sites is 2. The lowest BCUT2D eigenvalue weighted by Crippen LogP contribution is -2.62. The predicted molar refractivity (Wildman–Crippen MR) is 329 cm³/mol. The summed E-state index contributed by atoms with van der Waals surface area (Å²) in [5.74, 6) is 0. The number of rotatable bonds is 7. The standard InChI is InChI=1S/C76H68N2/c1-71(2,3)75(65-35-23-19-31-57(65)61-43-39-53(47-69(61)75)77(49-25-13-11-14-26-49)51-37-41-59-55-29-17-21-33-63(55)73(7,8)67(59)45-51)76(72(4,5)6)66-36-24-20-32-58(66)62-44-40-54(48-70(62)76)78(50-27-15-12-16-28-50)52-38-42-60-56-30-18-22-34-64(56)74(9,10)68(60)46-52/h11-48H,1-10H3. The van der Waals surface area contributed by atoms with Crippen LogP contribution in [-0.2, 0) is 21.7 Å². The summed E-state index contributed by atoms with van der Waals surface area (Å²) in [6.07, 6.45) is 0. The summed E-state index contributed by atoms with van der Waals surface area (Å²) in [5.41, 5.74) is 26.2. The van der Waals surface area contributed by atoms with Crippen molar-refractivity contribution >= 4 is 34.1 Å². The maximum absolute atomic E-state index is 2.61. The Morgan fingerprint density at radius 3 is 0.795 bits per heavy atom. The summed E-state index contributed by atoms with van der Waals surface area (Å²) < 4.78 is 0. The second-order valence-electron chi connectivity index (χ2n) is 25.7. The monoisotopic (exact) mass is 1010 g/mol. The third-order valence-corrected chi connectivity index (χ3v) is 19.1. The zero-order chi connectivity index (χ0) is 53.7. The van der Waals surface area contributed by atoms with E-state index < -0.39 is 10.8 Å². The van der Waals surface area contributed by atoms with E-state index in [0.29, 0.717) is 0 Å². The first-order valence-corrected chi connectivity index (χ1v) is 28.2. The average Bonchev–Trinajstić information content (AvgIpc) is 4.20. The quantitative estimate of drug-likeness (QED) is 0.157. The minimum absolute atomic E-state index is 0.147. The van der Waals surface area contributed by atoms with Crippen LogP contribution in [0.5, 0.6) is 0 Å². The SMILES string of the molecule is CC1(C)c2ccccc2-c2ccc(N(c3ccccc3)c3ccc4c(c3)C(C(C)(C)C)(C3(C(C)(C)C)c5ccccc5-c5ccc(N(c6ccccc6)c6ccc7c(c6)C(C)(C)c6ccccc6-7)cc53)c3ccccc3-4)cc21. The number of fused-ring (bicyclic) bond motifs is 12. The highest BCUT2D eigenvalue weighted by atomic mass is 15.1. The van der Waals surface area contributed by atoms with Gasteiger partial charge in [0.2, 0.25) is 0 Å². The van der Waals surface area contributed by atoms with E-state index in [-0.39, 0.29) is 21.7 Å². The largest absolute Gasteiger partial charge is 0.310 e. The fourth-order valence-electron chi connectivity index (χ4n) is 16.1. The molecular formula is C76H68N2. The van der Waals surface area contributed by atoms with Crippen LogP contribution in [0.4, 0.5) is 34.1 Å². The highest BCUT2D eigenvalue weighted by Gasteiger charge is 2.70. The molecule has 2 heteroatoms. The number of hydrogen-bond donors (Lipinski definition) is 0. The van der Waals surface area contributed by atoms with Gasteiger partial charge in [-0.15, -0.1) is 0 Å². The van der Waals surface area contributed by atoms with Crippen LogP contribution < -0.4 is 9.80 Å². The third-order valence-electron chi connectivity index (χ3n) is 19.1. The Balaban J connectivity index is 1.04. The predicted octanol–water partition coefficient (Wildman–Crippen LogP) is 20.6. The molecule has 78 heavy (non-hydrogen) atoms. The maximum atomic E-state index is 2.61. The zero-order valence-corrected chi connectivity index (χ0v) is 46.8. The summed E-state index contributed by atoms with van der Waals surface area (Å²) in [7, 11) is 0. The van der Waals surface area contributed by atoms with E-state index in [0.717, 1.165) is 34.1 Å². The molecule has 0 bridgehead atoms. The Morgan fingerprint density at radius 1 is 0.231 bits per heavy atom. The van der Waals surface area contributed by atoms with Crippen LogP contribution in [0.1, 0.15) is 114 Å². The number of nitrogens with zero attached hydrogens (tertiary/aromatic N) is 2. The summed E-state index contributed by atoms with van der Waals surface area (Å²) in [6.45, 7) is 24.7. The fraction of sp³-hybridized carbons (Fsp3) is 0.211. The molecule has 14 rings (SSSR count). The van der Waals surface area contributed by atoms with E-state index >= 15 is 0 Å². The van der Waals surface area contributed by atoms with Crippen molar-refractivity contribution in [2.75, 3.05) is 9.80 Å². The molecule has 0 heterocycles. The van der Waals surface area contributed by atoms with E-state index in [1.807, 2.05) is 0 Å². The van der Waals surface area contributed by atoms with Crippen molar-refractivity contribution in [1.82, 2.24) is 0 Å². The Bertz CT molecular complexity index is 3800. The molecule has 10 aromatic carbocycles. The first-order valence-electron chi connectivity index (χ1n) is 28.2. The molecule has 2 nitrogen and oxygen atoms in total. The second kappa shape index (κ2) is 16.7. The Labute approximate surface area is 462 Å². The minimum Gasteiger partial charge on any atom is -0.310 e. The van der Waals surface area contributed by atoms with Gasteiger partial charge in [-0.2, -0.15) is 0 Å². The maximum Gasteiger partial charge on any atom is 0.0465 e. The lowest BCUT2D eigenvalue weighted by molar-refractivity contribution is 0.0594. The molecule has 0 aromatic heterocycles. The van der Waals surface area contributed by atoms with E-state index in [1.54, 1.807) is 0 Å². The Kier molecular flexibility index (Phi) is 10.3. The molecule has 2 unspecified atom stereocenters. The van der Waals surface area contributed by atoms with Gasteiger partial charge in [0, 0.05) is 55.8 Å².